The number of rotatable bonds is 6. The van der Waals surface area contributed by atoms with Crippen molar-refractivity contribution in [2.45, 2.75) is 32.4 Å². The Hall–Kier alpha value is -2.67. The second kappa shape index (κ2) is 10.7. The smallest absolute Gasteiger partial charge is 0.261 e. The van der Waals surface area contributed by atoms with Gasteiger partial charge in [0.2, 0.25) is 0 Å². The highest BCUT2D eigenvalue weighted by Gasteiger charge is 2.25. The van der Waals surface area contributed by atoms with Crippen LogP contribution in [0.4, 0.5) is 5.00 Å². The second-order valence-electron chi connectivity index (χ2n) is 9.25. The fourth-order valence-corrected chi connectivity index (χ4v) is 5.97. The van der Waals surface area contributed by atoms with Crippen LogP contribution < -0.4 is 10.2 Å². The minimum atomic E-state index is 0.0547. The van der Waals surface area contributed by atoms with E-state index in [1.165, 1.54) is 16.1 Å². The largest absolute Gasteiger partial charge is 0.378 e. The van der Waals surface area contributed by atoms with Crippen LogP contribution in [0, 0.1) is 6.92 Å². The maximum Gasteiger partial charge on any atom is 0.261 e. The summed E-state index contributed by atoms with van der Waals surface area (Å²) in [4.78, 5) is 18.9. The molecule has 0 radical (unpaired) electrons. The molecule has 3 heterocycles. The fourth-order valence-electron chi connectivity index (χ4n) is 4.84. The molecule has 178 valence electrons. The van der Waals surface area contributed by atoms with E-state index in [1.807, 2.05) is 6.07 Å². The highest BCUT2D eigenvalue weighted by Crippen LogP contribution is 2.39. The third-order valence-corrected chi connectivity index (χ3v) is 8.09. The minimum Gasteiger partial charge on any atom is -0.378 e. The first-order valence-corrected chi connectivity index (χ1v) is 13.1. The molecule has 5 rings (SSSR count). The third-order valence-electron chi connectivity index (χ3n) is 6.90. The lowest BCUT2D eigenvalue weighted by Gasteiger charge is -2.32. The molecule has 2 saturated heterocycles. The molecule has 0 bridgehead atoms. The third kappa shape index (κ3) is 5.35. The molecule has 0 atom stereocenters. The first kappa shape index (κ1) is 23.1. The molecular weight excluding hydrogens is 442 g/mol. The molecule has 2 fully saturated rings. The monoisotopic (exact) mass is 475 g/mol. The maximum absolute atomic E-state index is 13.3. The Kier molecular flexibility index (Phi) is 7.28. The van der Waals surface area contributed by atoms with Crippen molar-refractivity contribution in [2.75, 3.05) is 44.3 Å². The van der Waals surface area contributed by atoms with Crippen LogP contribution >= 0.6 is 11.3 Å². The zero-order valence-corrected chi connectivity index (χ0v) is 20.7. The summed E-state index contributed by atoms with van der Waals surface area (Å²) < 4.78 is 5.55. The van der Waals surface area contributed by atoms with E-state index in [1.54, 1.807) is 11.3 Å². The number of morpholine rings is 1. The number of hydrogen-bond acceptors (Lipinski definition) is 5. The summed E-state index contributed by atoms with van der Waals surface area (Å²) in [5.74, 6) is 0.0547. The molecule has 0 spiro atoms. The van der Waals surface area contributed by atoms with Crippen molar-refractivity contribution in [1.82, 2.24) is 10.2 Å². The van der Waals surface area contributed by atoms with Gasteiger partial charge in [0.1, 0.15) is 0 Å². The lowest BCUT2D eigenvalue weighted by Crippen LogP contribution is -2.44. The highest BCUT2D eigenvalue weighted by atomic mass is 32.1. The maximum atomic E-state index is 13.3. The van der Waals surface area contributed by atoms with Crippen molar-refractivity contribution in [2.24, 2.45) is 0 Å². The Morgan fingerprint density at radius 2 is 1.71 bits per heavy atom. The molecule has 34 heavy (non-hydrogen) atoms. The van der Waals surface area contributed by atoms with Gasteiger partial charge in [-0.05, 0) is 42.5 Å². The number of likely N-dealkylation sites (tertiary alicyclic amines) is 1. The Morgan fingerprint density at radius 1 is 1.00 bits per heavy atom. The molecule has 1 amide bonds. The normalized spacial score (nSPS) is 17.6. The lowest BCUT2D eigenvalue weighted by molar-refractivity contribution is 0.0913. The van der Waals surface area contributed by atoms with Crippen LogP contribution in [0.25, 0.3) is 11.1 Å². The number of carbonyl (C=O) groups excluding carboxylic acids is 1. The predicted octanol–water partition coefficient (Wildman–Crippen LogP) is 4.95. The number of nitrogens with one attached hydrogen (secondary N) is 1. The van der Waals surface area contributed by atoms with Crippen LogP contribution in [0.2, 0.25) is 0 Å². The molecule has 0 unspecified atom stereocenters. The summed E-state index contributed by atoms with van der Waals surface area (Å²) in [6.07, 6.45) is 1.98. The van der Waals surface area contributed by atoms with Crippen molar-refractivity contribution in [3.05, 3.63) is 76.7 Å². The van der Waals surface area contributed by atoms with Crippen LogP contribution in [0.5, 0.6) is 0 Å². The number of piperidine rings is 1. The van der Waals surface area contributed by atoms with Gasteiger partial charge in [-0.2, -0.15) is 0 Å². The first-order chi connectivity index (χ1) is 16.7. The van der Waals surface area contributed by atoms with Crippen molar-refractivity contribution < 1.29 is 9.53 Å². The number of amides is 1. The summed E-state index contributed by atoms with van der Waals surface area (Å²) in [7, 11) is 0. The van der Waals surface area contributed by atoms with E-state index in [0.717, 1.165) is 74.8 Å². The number of nitrogens with zero attached hydrogens (tertiary/aromatic N) is 2. The summed E-state index contributed by atoms with van der Waals surface area (Å²) in [5, 5.41) is 4.50. The van der Waals surface area contributed by atoms with Gasteiger partial charge >= 0.3 is 0 Å². The molecule has 5 nitrogen and oxygen atoms in total. The molecule has 2 aromatic carbocycles. The Bertz CT molecular complexity index is 1100. The van der Waals surface area contributed by atoms with E-state index >= 15 is 0 Å². The van der Waals surface area contributed by atoms with Gasteiger partial charge in [-0.15, -0.1) is 11.3 Å². The number of benzene rings is 2. The fraction of sp³-hybridized carbons (Fsp3) is 0.393. The minimum absolute atomic E-state index is 0.0547. The Morgan fingerprint density at radius 3 is 2.44 bits per heavy atom. The van der Waals surface area contributed by atoms with Crippen LogP contribution in [0.1, 0.15) is 33.6 Å². The van der Waals surface area contributed by atoms with Crippen LogP contribution in [-0.2, 0) is 11.3 Å². The molecular formula is C28H33N3O2S. The molecule has 3 aromatic rings. The molecule has 1 aromatic heterocycles. The molecule has 6 heteroatoms. The van der Waals surface area contributed by atoms with E-state index in [0.29, 0.717) is 0 Å². The van der Waals surface area contributed by atoms with Gasteiger partial charge in [0.15, 0.2) is 0 Å². The summed E-state index contributed by atoms with van der Waals surface area (Å²) in [6, 6.07) is 21.3. The number of thiophene rings is 1. The Balaban J connectivity index is 1.24. The average Bonchev–Trinajstić information content (AvgIpc) is 3.34. The number of hydrogen-bond donors (Lipinski definition) is 1. The zero-order valence-electron chi connectivity index (χ0n) is 19.8. The van der Waals surface area contributed by atoms with E-state index in [4.69, 9.17) is 4.74 Å². The predicted molar refractivity (Wildman–Crippen MR) is 140 cm³/mol. The lowest BCUT2D eigenvalue weighted by atomic mass is 10.0. The van der Waals surface area contributed by atoms with Gasteiger partial charge in [-0.1, -0.05) is 54.6 Å². The van der Waals surface area contributed by atoms with Crippen molar-refractivity contribution in [1.29, 1.82) is 0 Å². The number of carbonyl (C=O) groups is 1. The topological polar surface area (TPSA) is 44.8 Å². The van der Waals surface area contributed by atoms with Crippen molar-refractivity contribution in [3.8, 4) is 11.1 Å². The Labute approximate surface area is 206 Å². The van der Waals surface area contributed by atoms with Gasteiger partial charge in [0.05, 0.1) is 23.1 Å². The summed E-state index contributed by atoms with van der Waals surface area (Å²) in [6.45, 7) is 8.38. The van der Waals surface area contributed by atoms with E-state index in [2.05, 4.69) is 76.6 Å². The number of ether oxygens (including phenoxy) is 1. The molecule has 1 N–H and O–H groups in total. The highest BCUT2D eigenvalue weighted by molar-refractivity contribution is 7.18. The van der Waals surface area contributed by atoms with Gasteiger partial charge in [-0.25, -0.2) is 0 Å². The standard InChI is InChI=1S/C28H33N3O2S/c1-21-7-5-6-10-23(21)20-30-13-11-24(12-14-30)29-27(32)26-19-25(22-8-3-2-4-9-22)28(34-26)31-15-17-33-18-16-31/h2-10,19,24H,11-18,20H2,1H3,(H,29,32). The molecule has 0 saturated carbocycles. The second-order valence-corrected chi connectivity index (χ2v) is 10.3. The summed E-state index contributed by atoms with van der Waals surface area (Å²) in [5.41, 5.74) is 5.04. The summed E-state index contributed by atoms with van der Waals surface area (Å²) >= 11 is 1.61. The molecule has 0 aliphatic carbocycles. The zero-order chi connectivity index (χ0) is 23.3. The van der Waals surface area contributed by atoms with Gasteiger partial charge in [-0.3, -0.25) is 9.69 Å². The van der Waals surface area contributed by atoms with Crippen LogP contribution in [-0.4, -0.2) is 56.2 Å². The number of aryl methyl sites for hydroxylation is 1. The van der Waals surface area contributed by atoms with E-state index in [-0.39, 0.29) is 11.9 Å². The quantitative estimate of drug-likeness (QED) is 0.548. The van der Waals surface area contributed by atoms with Gasteiger partial charge in [0.25, 0.3) is 5.91 Å². The van der Waals surface area contributed by atoms with Gasteiger partial charge in [0, 0.05) is 44.3 Å². The van der Waals surface area contributed by atoms with E-state index < -0.39 is 0 Å². The van der Waals surface area contributed by atoms with Crippen LogP contribution in [0.15, 0.2) is 60.7 Å². The van der Waals surface area contributed by atoms with Crippen molar-refractivity contribution >= 4 is 22.2 Å². The molecule has 2 aliphatic rings. The first-order valence-electron chi connectivity index (χ1n) is 12.3. The molecule has 2 aliphatic heterocycles. The van der Waals surface area contributed by atoms with Gasteiger partial charge < -0.3 is 15.0 Å². The van der Waals surface area contributed by atoms with Crippen LogP contribution in [0.3, 0.4) is 0 Å². The SMILES string of the molecule is Cc1ccccc1CN1CCC(NC(=O)c2cc(-c3ccccc3)c(N3CCOCC3)s2)CC1. The van der Waals surface area contributed by atoms with E-state index in [9.17, 15) is 4.79 Å². The van der Waals surface area contributed by atoms with Crippen molar-refractivity contribution in [3.63, 3.8) is 0 Å². The number of anilines is 1. The average molecular weight is 476 g/mol.